The van der Waals surface area contributed by atoms with Crippen LogP contribution in [0.3, 0.4) is 0 Å². The molecule has 0 fully saturated rings. The van der Waals surface area contributed by atoms with Gasteiger partial charge in [-0.3, -0.25) is 0 Å². The van der Waals surface area contributed by atoms with Gasteiger partial charge in [0.2, 0.25) is 5.88 Å². The summed E-state index contributed by atoms with van der Waals surface area (Å²) in [4.78, 5) is 4.04. The summed E-state index contributed by atoms with van der Waals surface area (Å²) in [7, 11) is 0. The molecule has 0 saturated heterocycles. The molecule has 0 saturated carbocycles. The van der Waals surface area contributed by atoms with E-state index in [2.05, 4.69) is 14.4 Å². The Labute approximate surface area is 158 Å². The molecule has 2 aromatic rings. The summed E-state index contributed by atoms with van der Waals surface area (Å²) < 4.78 is 57.6. The van der Waals surface area contributed by atoms with Crippen molar-refractivity contribution in [3.8, 4) is 5.88 Å². The fourth-order valence-corrected chi connectivity index (χ4v) is 3.04. The molecule has 26 heavy (non-hydrogen) atoms. The molecular formula is C17H18ClF3N2O2S. The van der Waals surface area contributed by atoms with Gasteiger partial charge < -0.3 is 9.29 Å². The highest BCUT2D eigenvalue weighted by Gasteiger charge is 2.31. The van der Waals surface area contributed by atoms with Crippen LogP contribution in [0.5, 0.6) is 5.88 Å². The summed E-state index contributed by atoms with van der Waals surface area (Å²) >= 11 is 4.34. The molecule has 0 amide bonds. The number of alkyl halides is 2. The molecule has 0 radical (unpaired) electrons. The molecule has 0 spiro atoms. The number of hydrogen-bond acceptors (Lipinski definition) is 4. The quantitative estimate of drug-likeness (QED) is 0.711. The van der Waals surface area contributed by atoms with Crippen LogP contribution in [-0.2, 0) is 11.4 Å². The van der Waals surface area contributed by atoms with Crippen molar-refractivity contribution in [1.29, 1.82) is 0 Å². The Kier molecular flexibility index (Phi) is 6.79. The Morgan fingerprint density at radius 2 is 1.92 bits per heavy atom. The van der Waals surface area contributed by atoms with Crippen molar-refractivity contribution in [2.24, 2.45) is 0 Å². The lowest BCUT2D eigenvalue weighted by Gasteiger charge is -2.28. The molecule has 1 aromatic carbocycles. The van der Waals surface area contributed by atoms with E-state index in [1.807, 2.05) is 0 Å². The Balaban J connectivity index is 2.44. The number of aromatic nitrogens is 1. The van der Waals surface area contributed by atoms with E-state index in [0.29, 0.717) is 5.56 Å². The number of pyridine rings is 1. The topological polar surface area (TPSA) is 57.2 Å². The fraction of sp³-hybridized carbons (Fsp3) is 0.353. The van der Waals surface area contributed by atoms with Crippen LogP contribution in [-0.4, -0.2) is 20.9 Å². The third kappa shape index (κ3) is 5.51. The van der Waals surface area contributed by atoms with Gasteiger partial charge in [0.05, 0.1) is 10.7 Å². The predicted octanol–water partition coefficient (Wildman–Crippen LogP) is 4.62. The average Bonchev–Trinajstić information content (AvgIpc) is 2.54. The SMILES string of the molecule is CC(C)(C)[S@@+]([O-])N[C@H](c1ccc(F)c(Cl)c1)c1cccc(OC(F)F)n1. The van der Waals surface area contributed by atoms with Gasteiger partial charge in [-0.2, -0.15) is 8.78 Å². The number of nitrogens with one attached hydrogen (secondary N) is 1. The first kappa shape index (κ1) is 20.8. The van der Waals surface area contributed by atoms with Crippen LogP contribution in [0.4, 0.5) is 13.2 Å². The van der Waals surface area contributed by atoms with Crippen LogP contribution < -0.4 is 9.46 Å². The van der Waals surface area contributed by atoms with Crippen molar-refractivity contribution in [1.82, 2.24) is 9.71 Å². The van der Waals surface area contributed by atoms with E-state index in [4.69, 9.17) is 11.6 Å². The second kappa shape index (κ2) is 8.47. The minimum Gasteiger partial charge on any atom is -0.598 e. The molecule has 1 aromatic heterocycles. The Bertz CT molecular complexity index is 759. The van der Waals surface area contributed by atoms with E-state index in [9.17, 15) is 17.7 Å². The highest BCUT2D eigenvalue weighted by atomic mass is 35.5. The summed E-state index contributed by atoms with van der Waals surface area (Å²) in [6.07, 6.45) is 0. The van der Waals surface area contributed by atoms with Gasteiger partial charge in [0.25, 0.3) is 0 Å². The highest BCUT2D eigenvalue weighted by Crippen LogP contribution is 2.29. The van der Waals surface area contributed by atoms with Crippen molar-refractivity contribution in [3.63, 3.8) is 0 Å². The second-order valence-electron chi connectivity index (χ2n) is 6.38. The molecule has 1 heterocycles. The van der Waals surface area contributed by atoms with Gasteiger partial charge in [-0.1, -0.05) is 23.7 Å². The number of ether oxygens (including phenoxy) is 1. The first-order valence-corrected chi connectivity index (χ1v) is 9.15. The minimum atomic E-state index is -3.02. The monoisotopic (exact) mass is 406 g/mol. The summed E-state index contributed by atoms with van der Waals surface area (Å²) in [5, 5.41) is -0.115. The highest BCUT2D eigenvalue weighted by molar-refractivity contribution is 7.90. The van der Waals surface area contributed by atoms with Crippen molar-refractivity contribution in [2.75, 3.05) is 0 Å². The van der Waals surface area contributed by atoms with Crippen LogP contribution in [0.1, 0.15) is 38.1 Å². The summed E-state index contributed by atoms with van der Waals surface area (Å²) in [5.41, 5.74) is 0.763. The molecule has 0 bridgehead atoms. The van der Waals surface area contributed by atoms with E-state index in [1.165, 1.54) is 30.3 Å². The molecule has 2 rings (SSSR count). The molecule has 0 unspecified atom stereocenters. The number of benzene rings is 1. The van der Waals surface area contributed by atoms with E-state index in [-0.39, 0.29) is 16.6 Å². The summed E-state index contributed by atoms with van der Waals surface area (Å²) in [6.45, 7) is 2.30. The standard InChI is InChI=1S/C17H18ClF3N2O2S/c1-17(2,3)26(24)23-15(10-7-8-12(19)11(18)9-10)13-5-4-6-14(22-13)25-16(20)21/h4-9,15-16,23H,1-3H3/t15-,26-/m1/s1. The third-order valence-electron chi connectivity index (χ3n) is 3.31. The zero-order valence-corrected chi connectivity index (χ0v) is 15.9. The second-order valence-corrected chi connectivity index (χ2v) is 8.79. The van der Waals surface area contributed by atoms with Crippen LogP contribution in [0.15, 0.2) is 36.4 Å². The average molecular weight is 407 g/mol. The first-order chi connectivity index (χ1) is 12.1. The van der Waals surface area contributed by atoms with Crippen molar-refractivity contribution >= 4 is 23.0 Å². The van der Waals surface area contributed by atoms with Gasteiger partial charge in [0.1, 0.15) is 16.6 Å². The van der Waals surface area contributed by atoms with Crippen LogP contribution >= 0.6 is 11.6 Å². The Hall–Kier alpha value is -1.48. The lowest BCUT2D eigenvalue weighted by molar-refractivity contribution is -0.0529. The van der Waals surface area contributed by atoms with Gasteiger partial charge in [0.15, 0.2) is 0 Å². The maximum Gasteiger partial charge on any atom is 0.388 e. The van der Waals surface area contributed by atoms with Crippen LogP contribution in [0.2, 0.25) is 5.02 Å². The van der Waals surface area contributed by atoms with Gasteiger partial charge in [-0.25, -0.2) is 9.37 Å². The van der Waals surface area contributed by atoms with Gasteiger partial charge in [-0.05, 0) is 44.5 Å². The maximum atomic E-state index is 13.5. The van der Waals surface area contributed by atoms with Gasteiger partial charge in [0, 0.05) is 17.4 Å². The van der Waals surface area contributed by atoms with Gasteiger partial charge >= 0.3 is 6.61 Å². The summed E-state index contributed by atoms with van der Waals surface area (Å²) in [5.74, 6) is -0.882. The minimum absolute atomic E-state index is 0.115. The Morgan fingerprint density at radius 1 is 1.23 bits per heavy atom. The molecule has 0 aliphatic carbocycles. The van der Waals surface area contributed by atoms with E-state index >= 15 is 0 Å². The molecular weight excluding hydrogens is 389 g/mol. The molecule has 9 heteroatoms. The van der Waals surface area contributed by atoms with Gasteiger partial charge in [-0.15, -0.1) is 4.72 Å². The lowest BCUT2D eigenvalue weighted by atomic mass is 10.0. The zero-order valence-electron chi connectivity index (χ0n) is 14.3. The normalized spacial score (nSPS) is 14.3. The Morgan fingerprint density at radius 3 is 2.50 bits per heavy atom. The summed E-state index contributed by atoms with van der Waals surface area (Å²) in [6, 6.07) is 7.57. The van der Waals surface area contributed by atoms with Crippen LogP contribution in [0, 0.1) is 5.82 Å². The van der Waals surface area contributed by atoms with E-state index < -0.39 is 34.6 Å². The largest absolute Gasteiger partial charge is 0.598 e. The lowest BCUT2D eigenvalue weighted by Crippen LogP contribution is -2.41. The number of hydrogen-bond donors (Lipinski definition) is 1. The van der Waals surface area contributed by atoms with E-state index in [1.54, 1.807) is 26.8 Å². The molecule has 0 aliphatic rings. The first-order valence-electron chi connectivity index (χ1n) is 7.62. The van der Waals surface area contributed by atoms with Crippen LogP contribution in [0.25, 0.3) is 0 Å². The molecule has 0 aliphatic heterocycles. The maximum absolute atomic E-state index is 13.5. The van der Waals surface area contributed by atoms with E-state index in [0.717, 1.165) is 0 Å². The number of rotatable bonds is 6. The smallest absolute Gasteiger partial charge is 0.388 e. The third-order valence-corrected chi connectivity index (χ3v) is 5.16. The molecule has 2 atom stereocenters. The number of nitrogens with zero attached hydrogens (tertiary/aromatic N) is 1. The molecule has 1 N–H and O–H groups in total. The molecule has 4 nitrogen and oxygen atoms in total. The van der Waals surface area contributed by atoms with Crippen molar-refractivity contribution in [2.45, 2.75) is 38.2 Å². The van der Waals surface area contributed by atoms with Crippen molar-refractivity contribution in [3.05, 3.63) is 58.5 Å². The predicted molar refractivity (Wildman–Crippen MR) is 95.2 cm³/mol. The fourth-order valence-electron chi connectivity index (χ4n) is 2.02. The number of halogens is 4. The molecule has 142 valence electrons. The zero-order chi connectivity index (χ0) is 19.5. The van der Waals surface area contributed by atoms with Crippen molar-refractivity contribution < 1.29 is 22.5 Å².